The number of nitrogens with one attached hydrogen (secondary N) is 1. The van der Waals surface area contributed by atoms with Crippen molar-refractivity contribution in [1.82, 2.24) is 19.8 Å². The van der Waals surface area contributed by atoms with Gasteiger partial charge in [-0.3, -0.25) is 14.7 Å². The molecule has 1 aromatic carbocycles. The standard InChI is InChI=1S/C21H24N4O/c26-21(15-17-16-23-20-7-2-1-6-19(17)20)25-13-11-24(12-14-25)10-8-18-5-3-4-9-22-18/h1-7,9,16,23H,8,10-15H2. The number of aromatic nitrogens is 2. The second kappa shape index (κ2) is 7.70. The Labute approximate surface area is 153 Å². The number of hydrogen-bond donors (Lipinski definition) is 1. The summed E-state index contributed by atoms with van der Waals surface area (Å²) in [4.78, 5) is 24.7. The van der Waals surface area contributed by atoms with Crippen LogP contribution in [0.3, 0.4) is 0 Å². The Hall–Kier alpha value is -2.66. The van der Waals surface area contributed by atoms with E-state index in [0.717, 1.165) is 61.3 Å². The zero-order valence-electron chi connectivity index (χ0n) is 14.9. The van der Waals surface area contributed by atoms with Gasteiger partial charge in [0.05, 0.1) is 6.42 Å². The molecule has 1 aliphatic rings. The van der Waals surface area contributed by atoms with E-state index in [2.05, 4.69) is 27.0 Å². The van der Waals surface area contributed by atoms with Gasteiger partial charge in [0.25, 0.3) is 0 Å². The predicted molar refractivity (Wildman–Crippen MR) is 103 cm³/mol. The van der Waals surface area contributed by atoms with E-state index in [1.54, 1.807) is 0 Å². The Bertz CT molecular complexity index is 866. The largest absolute Gasteiger partial charge is 0.361 e. The molecule has 0 spiro atoms. The lowest BCUT2D eigenvalue weighted by molar-refractivity contribution is -0.132. The van der Waals surface area contributed by atoms with Gasteiger partial charge in [0, 0.05) is 68.1 Å². The van der Waals surface area contributed by atoms with Gasteiger partial charge in [0.15, 0.2) is 0 Å². The molecule has 1 N–H and O–H groups in total. The molecule has 1 fully saturated rings. The maximum absolute atomic E-state index is 12.7. The first-order chi connectivity index (χ1) is 12.8. The van der Waals surface area contributed by atoms with E-state index in [1.807, 2.05) is 47.6 Å². The van der Waals surface area contributed by atoms with Crippen molar-refractivity contribution < 1.29 is 4.79 Å². The third-order valence-corrected chi connectivity index (χ3v) is 5.15. The van der Waals surface area contributed by atoms with Crippen LogP contribution < -0.4 is 0 Å². The van der Waals surface area contributed by atoms with Crippen LogP contribution in [0.2, 0.25) is 0 Å². The minimum Gasteiger partial charge on any atom is -0.361 e. The molecule has 134 valence electrons. The number of rotatable bonds is 5. The lowest BCUT2D eigenvalue weighted by Gasteiger charge is -2.34. The average molecular weight is 348 g/mol. The van der Waals surface area contributed by atoms with Gasteiger partial charge in [-0.05, 0) is 23.8 Å². The van der Waals surface area contributed by atoms with Crippen molar-refractivity contribution in [3.63, 3.8) is 0 Å². The summed E-state index contributed by atoms with van der Waals surface area (Å²) in [6.07, 6.45) is 5.24. The molecular weight excluding hydrogens is 324 g/mol. The van der Waals surface area contributed by atoms with Gasteiger partial charge >= 0.3 is 0 Å². The fourth-order valence-corrected chi connectivity index (χ4v) is 3.59. The average Bonchev–Trinajstić information content (AvgIpc) is 3.10. The third-order valence-electron chi connectivity index (χ3n) is 5.15. The van der Waals surface area contributed by atoms with Crippen molar-refractivity contribution in [1.29, 1.82) is 0 Å². The highest BCUT2D eigenvalue weighted by Crippen LogP contribution is 2.19. The highest BCUT2D eigenvalue weighted by atomic mass is 16.2. The topological polar surface area (TPSA) is 52.2 Å². The fraction of sp³-hybridized carbons (Fsp3) is 0.333. The van der Waals surface area contributed by atoms with Crippen molar-refractivity contribution in [2.24, 2.45) is 0 Å². The summed E-state index contributed by atoms with van der Waals surface area (Å²) in [5.41, 5.74) is 3.31. The maximum Gasteiger partial charge on any atom is 0.227 e. The zero-order valence-corrected chi connectivity index (χ0v) is 14.9. The molecule has 5 heteroatoms. The molecule has 0 bridgehead atoms. The number of carbonyl (C=O) groups is 1. The van der Waals surface area contributed by atoms with Crippen LogP contribution in [0.15, 0.2) is 54.9 Å². The fourth-order valence-electron chi connectivity index (χ4n) is 3.59. The van der Waals surface area contributed by atoms with E-state index in [4.69, 9.17) is 0 Å². The summed E-state index contributed by atoms with van der Waals surface area (Å²) >= 11 is 0. The highest BCUT2D eigenvalue weighted by Gasteiger charge is 2.21. The van der Waals surface area contributed by atoms with Gasteiger partial charge in [-0.15, -0.1) is 0 Å². The predicted octanol–water partition coefficient (Wildman–Crippen LogP) is 2.49. The maximum atomic E-state index is 12.7. The quantitative estimate of drug-likeness (QED) is 0.771. The first-order valence-electron chi connectivity index (χ1n) is 9.24. The number of benzene rings is 1. The van der Waals surface area contributed by atoms with Crippen LogP contribution in [0, 0.1) is 0 Å². The van der Waals surface area contributed by atoms with E-state index in [9.17, 15) is 4.79 Å². The van der Waals surface area contributed by atoms with Crippen LogP contribution in [0.4, 0.5) is 0 Å². The number of carbonyl (C=O) groups excluding carboxylic acids is 1. The van der Waals surface area contributed by atoms with Crippen LogP contribution in [0.5, 0.6) is 0 Å². The summed E-state index contributed by atoms with van der Waals surface area (Å²) in [7, 11) is 0. The molecule has 0 atom stereocenters. The molecule has 4 rings (SSSR count). The smallest absolute Gasteiger partial charge is 0.227 e. The third kappa shape index (κ3) is 3.78. The first kappa shape index (κ1) is 16.8. The number of nitrogens with zero attached hydrogens (tertiary/aromatic N) is 3. The molecule has 2 aromatic heterocycles. The highest BCUT2D eigenvalue weighted by molar-refractivity contribution is 5.88. The zero-order chi connectivity index (χ0) is 17.8. The Balaban J connectivity index is 1.28. The minimum atomic E-state index is 0.221. The van der Waals surface area contributed by atoms with Crippen LogP contribution >= 0.6 is 0 Å². The molecule has 0 radical (unpaired) electrons. The van der Waals surface area contributed by atoms with Gasteiger partial charge < -0.3 is 9.88 Å². The number of piperazine rings is 1. The number of para-hydroxylation sites is 1. The second-order valence-corrected chi connectivity index (χ2v) is 6.83. The van der Waals surface area contributed by atoms with Crippen LogP contribution in [-0.4, -0.2) is 58.4 Å². The van der Waals surface area contributed by atoms with Crippen molar-refractivity contribution >= 4 is 16.8 Å². The number of amides is 1. The van der Waals surface area contributed by atoms with Crippen LogP contribution in [0.1, 0.15) is 11.3 Å². The van der Waals surface area contributed by atoms with Crippen molar-refractivity contribution in [2.45, 2.75) is 12.8 Å². The number of H-pyrrole nitrogens is 1. The van der Waals surface area contributed by atoms with Crippen LogP contribution in [0.25, 0.3) is 10.9 Å². The van der Waals surface area contributed by atoms with Crippen molar-refractivity contribution in [3.05, 3.63) is 66.1 Å². The normalized spacial score (nSPS) is 15.5. The van der Waals surface area contributed by atoms with E-state index < -0.39 is 0 Å². The molecule has 26 heavy (non-hydrogen) atoms. The summed E-state index contributed by atoms with van der Waals surface area (Å²) < 4.78 is 0. The van der Waals surface area contributed by atoms with Gasteiger partial charge in [-0.25, -0.2) is 0 Å². The summed E-state index contributed by atoms with van der Waals surface area (Å²) in [5, 5.41) is 1.15. The number of aromatic amines is 1. The van der Waals surface area contributed by atoms with E-state index in [0.29, 0.717) is 6.42 Å². The number of hydrogen-bond acceptors (Lipinski definition) is 3. The Morgan fingerprint density at radius 2 is 1.85 bits per heavy atom. The van der Waals surface area contributed by atoms with Crippen molar-refractivity contribution in [2.75, 3.05) is 32.7 Å². The summed E-state index contributed by atoms with van der Waals surface area (Å²) in [6.45, 7) is 4.49. The second-order valence-electron chi connectivity index (χ2n) is 6.83. The Morgan fingerprint density at radius 1 is 1.04 bits per heavy atom. The monoisotopic (exact) mass is 348 g/mol. The molecule has 1 amide bonds. The molecule has 3 aromatic rings. The number of fused-ring (bicyclic) bond motifs is 1. The first-order valence-corrected chi connectivity index (χ1v) is 9.24. The molecule has 5 nitrogen and oxygen atoms in total. The molecule has 1 saturated heterocycles. The number of pyridine rings is 1. The molecular formula is C21H24N4O. The molecule has 1 aliphatic heterocycles. The summed E-state index contributed by atoms with van der Waals surface area (Å²) in [5.74, 6) is 0.221. The minimum absolute atomic E-state index is 0.221. The van der Waals surface area contributed by atoms with E-state index >= 15 is 0 Å². The van der Waals surface area contributed by atoms with Gasteiger partial charge in [0.2, 0.25) is 5.91 Å². The van der Waals surface area contributed by atoms with E-state index in [-0.39, 0.29) is 5.91 Å². The molecule has 3 heterocycles. The van der Waals surface area contributed by atoms with Gasteiger partial charge in [-0.2, -0.15) is 0 Å². The Morgan fingerprint density at radius 3 is 2.65 bits per heavy atom. The van der Waals surface area contributed by atoms with E-state index in [1.165, 1.54) is 0 Å². The SMILES string of the molecule is O=C(Cc1c[nH]c2ccccc12)N1CCN(CCc2ccccn2)CC1. The molecule has 0 aliphatic carbocycles. The Kier molecular flexibility index (Phi) is 4.97. The lowest BCUT2D eigenvalue weighted by Crippen LogP contribution is -2.49. The van der Waals surface area contributed by atoms with Crippen LogP contribution in [-0.2, 0) is 17.6 Å². The van der Waals surface area contributed by atoms with Gasteiger partial charge in [0.1, 0.15) is 0 Å². The molecule has 0 unspecified atom stereocenters. The van der Waals surface area contributed by atoms with Crippen molar-refractivity contribution in [3.8, 4) is 0 Å². The lowest BCUT2D eigenvalue weighted by atomic mass is 10.1. The van der Waals surface area contributed by atoms with Gasteiger partial charge in [-0.1, -0.05) is 24.3 Å². The molecule has 0 saturated carbocycles. The summed E-state index contributed by atoms with van der Waals surface area (Å²) in [6, 6.07) is 14.2.